The van der Waals surface area contributed by atoms with Gasteiger partial charge in [-0.15, -0.1) is 0 Å². The van der Waals surface area contributed by atoms with Gasteiger partial charge in [0.1, 0.15) is 23.9 Å². The van der Waals surface area contributed by atoms with Crippen LogP contribution in [0.2, 0.25) is 0 Å². The van der Waals surface area contributed by atoms with Crippen LogP contribution in [0.5, 0.6) is 17.2 Å². The molecule has 0 heterocycles. The molecular weight excluding hydrogens is 558 g/mol. The lowest BCUT2D eigenvalue weighted by molar-refractivity contribution is -0.115. The van der Waals surface area contributed by atoms with Crippen LogP contribution in [0.1, 0.15) is 31.8 Å². The number of benzene rings is 5. The average Bonchev–Trinajstić information content (AvgIpc) is 3.06. The van der Waals surface area contributed by atoms with Crippen LogP contribution in [0.25, 0.3) is 0 Å². The summed E-state index contributed by atoms with van der Waals surface area (Å²) < 4.78 is 16.5. The Kier molecular flexibility index (Phi) is 11.2. The smallest absolute Gasteiger partial charge is 0.339 e. The first-order valence-electron chi connectivity index (χ1n) is 13.7. The van der Waals surface area contributed by atoms with E-state index in [9.17, 15) is 14.4 Å². The Balaban J connectivity index is 0.000000421. The first-order valence-corrected chi connectivity index (χ1v) is 13.7. The fourth-order valence-corrected chi connectivity index (χ4v) is 4.00. The SMILES string of the molecule is COC(=O)c1ccccc1NC(=O)Cc1ccc(Oc2ccc(OCc3ccccc3)cc2)cc1.O=C(O)c1ccccc1. The third kappa shape index (κ3) is 9.60. The van der Waals surface area contributed by atoms with Crippen LogP contribution in [-0.2, 0) is 22.6 Å². The first-order chi connectivity index (χ1) is 21.4. The minimum Gasteiger partial charge on any atom is -0.489 e. The van der Waals surface area contributed by atoms with Gasteiger partial charge in [0, 0.05) is 0 Å². The van der Waals surface area contributed by atoms with Crippen molar-refractivity contribution >= 4 is 23.5 Å². The molecule has 0 bridgehead atoms. The molecule has 222 valence electrons. The van der Waals surface area contributed by atoms with Gasteiger partial charge in [-0.05, 0) is 71.8 Å². The molecule has 0 spiro atoms. The van der Waals surface area contributed by atoms with Crippen LogP contribution < -0.4 is 14.8 Å². The maximum Gasteiger partial charge on any atom is 0.339 e. The number of anilines is 1. The van der Waals surface area contributed by atoms with E-state index in [0.717, 1.165) is 16.9 Å². The summed E-state index contributed by atoms with van der Waals surface area (Å²) in [6.45, 7) is 0.504. The second-order valence-corrected chi connectivity index (χ2v) is 9.42. The Morgan fingerprint density at radius 3 is 1.77 bits per heavy atom. The molecule has 0 aliphatic heterocycles. The summed E-state index contributed by atoms with van der Waals surface area (Å²) in [5.74, 6) is 0.483. The van der Waals surface area contributed by atoms with Crippen molar-refractivity contribution in [3.63, 3.8) is 0 Å². The van der Waals surface area contributed by atoms with Gasteiger partial charge in [0.25, 0.3) is 0 Å². The summed E-state index contributed by atoms with van der Waals surface area (Å²) in [5, 5.41) is 11.2. The molecule has 0 aromatic heterocycles. The van der Waals surface area contributed by atoms with E-state index < -0.39 is 11.9 Å². The number of rotatable bonds is 10. The van der Waals surface area contributed by atoms with E-state index in [0.29, 0.717) is 34.9 Å². The lowest BCUT2D eigenvalue weighted by Crippen LogP contribution is -2.17. The Labute approximate surface area is 255 Å². The number of esters is 1. The Hall–Kier alpha value is -5.89. The highest BCUT2D eigenvalue weighted by atomic mass is 16.5. The molecule has 0 aliphatic carbocycles. The summed E-state index contributed by atoms with van der Waals surface area (Å²) in [7, 11) is 1.30. The molecule has 44 heavy (non-hydrogen) atoms. The number of carbonyl (C=O) groups is 3. The molecule has 0 aliphatic rings. The van der Waals surface area contributed by atoms with Crippen molar-refractivity contribution in [2.75, 3.05) is 12.4 Å². The van der Waals surface area contributed by atoms with Crippen molar-refractivity contribution in [1.29, 1.82) is 0 Å². The van der Waals surface area contributed by atoms with Crippen LogP contribution in [0.4, 0.5) is 5.69 Å². The molecule has 8 nitrogen and oxygen atoms in total. The van der Waals surface area contributed by atoms with Crippen molar-refractivity contribution in [2.24, 2.45) is 0 Å². The van der Waals surface area contributed by atoms with Crippen molar-refractivity contribution in [3.8, 4) is 17.2 Å². The van der Waals surface area contributed by atoms with E-state index >= 15 is 0 Å². The molecule has 0 radical (unpaired) electrons. The van der Waals surface area contributed by atoms with Gasteiger partial charge < -0.3 is 24.6 Å². The molecule has 1 amide bonds. The Morgan fingerprint density at radius 2 is 1.18 bits per heavy atom. The van der Waals surface area contributed by atoms with Crippen LogP contribution in [0, 0.1) is 0 Å². The molecular formula is C36H31NO7. The standard InChI is InChI=1S/C29H25NO5.C7H6O2/c1-33-29(32)26-9-5-6-10-27(26)30-28(31)19-21-11-13-24(14-12-21)35-25-17-15-23(16-18-25)34-20-22-7-3-2-4-8-22;8-7(9)6-4-2-1-3-5-6/h2-18H,19-20H2,1H3,(H,30,31);1-5H,(H,8,9). The van der Waals surface area contributed by atoms with Gasteiger partial charge in [0.05, 0.1) is 30.3 Å². The largest absolute Gasteiger partial charge is 0.489 e. The van der Waals surface area contributed by atoms with Gasteiger partial charge in [-0.2, -0.15) is 0 Å². The number of amides is 1. The van der Waals surface area contributed by atoms with Crippen LogP contribution in [0.15, 0.2) is 133 Å². The Bertz CT molecular complexity index is 1650. The van der Waals surface area contributed by atoms with Crippen LogP contribution in [0.3, 0.4) is 0 Å². The van der Waals surface area contributed by atoms with E-state index in [1.807, 2.05) is 78.9 Å². The monoisotopic (exact) mass is 589 g/mol. The van der Waals surface area contributed by atoms with Crippen molar-refractivity contribution in [1.82, 2.24) is 0 Å². The highest BCUT2D eigenvalue weighted by molar-refractivity contribution is 6.01. The molecule has 5 rings (SSSR count). The number of para-hydroxylation sites is 1. The lowest BCUT2D eigenvalue weighted by atomic mass is 10.1. The van der Waals surface area contributed by atoms with E-state index in [-0.39, 0.29) is 12.3 Å². The fourth-order valence-electron chi connectivity index (χ4n) is 4.00. The van der Waals surface area contributed by atoms with E-state index in [1.54, 1.807) is 54.6 Å². The second kappa shape index (κ2) is 15.9. The molecule has 0 atom stereocenters. The summed E-state index contributed by atoms with van der Waals surface area (Å²) in [4.78, 5) is 34.6. The molecule has 0 fully saturated rings. The number of carbonyl (C=O) groups excluding carboxylic acids is 2. The van der Waals surface area contributed by atoms with E-state index in [4.69, 9.17) is 19.3 Å². The summed E-state index contributed by atoms with van der Waals surface area (Å²) >= 11 is 0. The van der Waals surface area contributed by atoms with E-state index in [1.165, 1.54) is 7.11 Å². The highest BCUT2D eigenvalue weighted by Gasteiger charge is 2.13. The summed E-state index contributed by atoms with van der Waals surface area (Å²) in [6.07, 6.45) is 0.156. The predicted octanol–water partition coefficient (Wildman–Crippen LogP) is 7.41. The zero-order chi connectivity index (χ0) is 31.1. The number of ether oxygens (including phenoxy) is 3. The van der Waals surface area contributed by atoms with Gasteiger partial charge >= 0.3 is 11.9 Å². The highest BCUT2D eigenvalue weighted by Crippen LogP contribution is 2.25. The number of carboxylic acids is 1. The third-order valence-corrected chi connectivity index (χ3v) is 6.22. The fraction of sp³-hybridized carbons (Fsp3) is 0.0833. The predicted molar refractivity (Wildman–Crippen MR) is 167 cm³/mol. The van der Waals surface area contributed by atoms with Gasteiger partial charge in [-0.25, -0.2) is 9.59 Å². The number of hydrogen-bond acceptors (Lipinski definition) is 6. The molecule has 2 N–H and O–H groups in total. The number of nitrogens with one attached hydrogen (secondary N) is 1. The first kappa shape index (κ1) is 31.1. The van der Waals surface area contributed by atoms with Crippen molar-refractivity contribution in [2.45, 2.75) is 13.0 Å². The Morgan fingerprint density at radius 1 is 0.636 bits per heavy atom. The summed E-state index contributed by atoms with van der Waals surface area (Å²) in [6, 6.07) is 39.7. The third-order valence-electron chi connectivity index (χ3n) is 6.22. The number of carboxylic acid groups (broad SMARTS) is 1. The lowest BCUT2D eigenvalue weighted by Gasteiger charge is -2.10. The van der Waals surface area contributed by atoms with Gasteiger partial charge in [-0.1, -0.05) is 72.8 Å². The number of methoxy groups -OCH3 is 1. The van der Waals surface area contributed by atoms with Crippen molar-refractivity contribution < 1.29 is 33.7 Å². The van der Waals surface area contributed by atoms with Crippen LogP contribution in [-0.4, -0.2) is 30.1 Å². The topological polar surface area (TPSA) is 111 Å². The minimum absolute atomic E-state index is 0.156. The number of hydrogen-bond donors (Lipinski definition) is 2. The molecule has 0 saturated heterocycles. The molecule has 0 unspecified atom stereocenters. The van der Waals surface area contributed by atoms with Crippen molar-refractivity contribution in [3.05, 3.63) is 156 Å². The molecule has 5 aromatic rings. The maximum absolute atomic E-state index is 12.5. The second-order valence-electron chi connectivity index (χ2n) is 9.42. The number of aromatic carboxylic acids is 1. The zero-order valence-electron chi connectivity index (χ0n) is 24.0. The molecule has 0 saturated carbocycles. The normalized spacial score (nSPS) is 10.0. The maximum atomic E-state index is 12.5. The zero-order valence-corrected chi connectivity index (χ0v) is 24.0. The van der Waals surface area contributed by atoms with Gasteiger partial charge in [0.15, 0.2) is 0 Å². The van der Waals surface area contributed by atoms with Crippen LogP contribution >= 0.6 is 0 Å². The quantitative estimate of drug-likeness (QED) is 0.163. The molecule has 5 aromatic carbocycles. The van der Waals surface area contributed by atoms with Gasteiger partial charge in [-0.3, -0.25) is 4.79 Å². The molecule has 8 heteroatoms. The minimum atomic E-state index is -0.879. The van der Waals surface area contributed by atoms with E-state index in [2.05, 4.69) is 5.32 Å². The average molecular weight is 590 g/mol. The summed E-state index contributed by atoms with van der Waals surface area (Å²) in [5.41, 5.74) is 2.98. The van der Waals surface area contributed by atoms with Gasteiger partial charge in [0.2, 0.25) is 5.91 Å².